The molecule has 0 N–H and O–H groups in total. The van der Waals surface area contributed by atoms with Gasteiger partial charge in [0.25, 0.3) is 0 Å². The smallest absolute Gasteiger partial charge is 0.0523 e. The Morgan fingerprint density at radius 1 is 1.00 bits per heavy atom. The molecule has 1 aromatic heterocycles. The first kappa shape index (κ1) is 6.94. The molecule has 0 nitrogen and oxygen atoms in total. The van der Waals surface area contributed by atoms with Crippen LogP contribution in [0.1, 0.15) is 0 Å². The Morgan fingerprint density at radius 2 is 1.92 bits per heavy atom. The van der Waals surface area contributed by atoms with Crippen LogP contribution in [0.25, 0.3) is 20.9 Å². The van der Waals surface area contributed by atoms with Crippen LogP contribution in [-0.4, -0.2) is 0 Å². The second-order valence-corrected chi connectivity index (χ2v) is 3.84. The molecule has 0 unspecified atom stereocenters. The third kappa shape index (κ3) is 0.929. The van der Waals surface area contributed by atoms with Crippen LogP contribution in [-0.2, 0) is 0 Å². The van der Waals surface area contributed by atoms with E-state index < -0.39 is 0 Å². The zero-order chi connectivity index (χ0) is 8.67. The van der Waals surface area contributed by atoms with Gasteiger partial charge in [-0.1, -0.05) is 41.7 Å². The molecule has 0 aliphatic heterocycles. The molecule has 0 amide bonds. The van der Waals surface area contributed by atoms with E-state index >= 15 is 0 Å². The van der Waals surface area contributed by atoms with Crippen molar-refractivity contribution in [2.45, 2.75) is 0 Å². The molecule has 0 saturated heterocycles. The summed E-state index contributed by atoms with van der Waals surface area (Å²) >= 11 is 1.62. The van der Waals surface area contributed by atoms with Crippen LogP contribution < -0.4 is 0 Å². The number of rotatable bonds is 0. The predicted molar refractivity (Wildman–Crippen MR) is 57.0 cm³/mol. The summed E-state index contributed by atoms with van der Waals surface area (Å²) in [5.74, 6) is 0. The third-order valence-electron chi connectivity index (χ3n) is 2.23. The fraction of sp³-hybridized carbons (Fsp3) is 0. The van der Waals surface area contributed by atoms with Crippen molar-refractivity contribution in [3.05, 3.63) is 47.8 Å². The SMILES string of the molecule is c1sc2ccc3ccccc3c2c#1. The molecule has 3 aromatic rings. The lowest BCUT2D eigenvalue weighted by molar-refractivity contribution is 1.82. The fourth-order valence-electron chi connectivity index (χ4n) is 1.60. The molecule has 13 heavy (non-hydrogen) atoms. The highest BCUT2D eigenvalue weighted by Gasteiger charge is 1.98. The summed E-state index contributed by atoms with van der Waals surface area (Å²) in [5, 5.41) is 6.80. The predicted octanol–water partition coefficient (Wildman–Crippen LogP) is 3.65. The summed E-state index contributed by atoms with van der Waals surface area (Å²) in [4.78, 5) is 0. The van der Waals surface area contributed by atoms with Crippen molar-refractivity contribution in [3.63, 3.8) is 0 Å². The molecule has 60 valence electrons. The Balaban J connectivity index is 2.65. The van der Waals surface area contributed by atoms with Gasteiger partial charge in [0, 0.05) is 0 Å². The average Bonchev–Trinajstić information content (AvgIpc) is 2.65. The zero-order valence-corrected chi connectivity index (χ0v) is 7.69. The molecule has 1 heterocycles. The van der Waals surface area contributed by atoms with Crippen LogP contribution in [0, 0.1) is 11.4 Å². The summed E-state index contributed by atoms with van der Waals surface area (Å²) < 4.78 is 1.26. The Kier molecular flexibility index (Phi) is 1.32. The van der Waals surface area contributed by atoms with E-state index in [0.717, 1.165) is 0 Å². The van der Waals surface area contributed by atoms with Gasteiger partial charge in [-0.05, 0) is 28.3 Å². The van der Waals surface area contributed by atoms with Crippen LogP contribution in [0.3, 0.4) is 0 Å². The van der Waals surface area contributed by atoms with Crippen molar-refractivity contribution in [2.24, 2.45) is 0 Å². The highest BCUT2D eigenvalue weighted by Crippen LogP contribution is 2.25. The van der Waals surface area contributed by atoms with E-state index in [1.54, 1.807) is 11.3 Å². The maximum absolute atomic E-state index is 3.16. The molecule has 0 aliphatic carbocycles. The number of fused-ring (bicyclic) bond motifs is 3. The van der Waals surface area contributed by atoms with E-state index in [1.165, 1.54) is 20.9 Å². The lowest BCUT2D eigenvalue weighted by atomic mass is 10.1. The monoisotopic (exact) mass is 182 g/mol. The van der Waals surface area contributed by atoms with Gasteiger partial charge in [-0.15, -0.1) is 0 Å². The van der Waals surface area contributed by atoms with Gasteiger partial charge >= 0.3 is 0 Å². The number of benzene rings is 2. The van der Waals surface area contributed by atoms with E-state index in [-0.39, 0.29) is 0 Å². The molecule has 2 aromatic carbocycles. The molecular weight excluding hydrogens is 176 g/mol. The Morgan fingerprint density at radius 3 is 2.92 bits per heavy atom. The topological polar surface area (TPSA) is 0 Å². The van der Waals surface area contributed by atoms with E-state index in [2.05, 4.69) is 47.8 Å². The highest BCUT2D eigenvalue weighted by atomic mass is 32.1. The van der Waals surface area contributed by atoms with Crippen molar-refractivity contribution in [2.75, 3.05) is 0 Å². The lowest BCUT2D eigenvalue weighted by Crippen LogP contribution is -1.70. The van der Waals surface area contributed by atoms with Gasteiger partial charge in [-0.2, -0.15) is 0 Å². The summed E-state index contributed by atoms with van der Waals surface area (Å²) in [6.07, 6.45) is 0. The van der Waals surface area contributed by atoms with Crippen molar-refractivity contribution < 1.29 is 0 Å². The minimum absolute atomic E-state index is 1.20. The normalized spacial score (nSPS) is 10.5. The number of hydrogen-bond donors (Lipinski definition) is 0. The quantitative estimate of drug-likeness (QED) is 0.497. The largest absolute Gasteiger partial charge is 0.0831 e. The van der Waals surface area contributed by atoms with E-state index in [0.29, 0.717) is 0 Å². The molecule has 1 heteroatoms. The van der Waals surface area contributed by atoms with Crippen LogP contribution in [0.5, 0.6) is 0 Å². The van der Waals surface area contributed by atoms with Crippen LogP contribution >= 0.6 is 11.3 Å². The maximum atomic E-state index is 3.16. The first-order chi connectivity index (χ1) is 6.45. The summed E-state index contributed by atoms with van der Waals surface area (Å²) in [6, 6.07) is 15.8. The Labute approximate surface area is 80.4 Å². The summed E-state index contributed by atoms with van der Waals surface area (Å²) in [7, 11) is 0. The summed E-state index contributed by atoms with van der Waals surface area (Å²) in [5.41, 5.74) is 0. The average molecular weight is 182 g/mol. The molecule has 0 radical (unpaired) electrons. The second kappa shape index (κ2) is 2.48. The highest BCUT2D eigenvalue weighted by molar-refractivity contribution is 7.16. The van der Waals surface area contributed by atoms with Gasteiger partial charge in [-0.3, -0.25) is 0 Å². The van der Waals surface area contributed by atoms with Gasteiger partial charge in [-0.25, -0.2) is 0 Å². The van der Waals surface area contributed by atoms with E-state index in [9.17, 15) is 0 Å². The van der Waals surface area contributed by atoms with Crippen molar-refractivity contribution in [1.29, 1.82) is 0 Å². The minimum atomic E-state index is 1.20. The molecular formula is C12H6S. The first-order valence-corrected chi connectivity index (χ1v) is 4.96. The summed E-state index contributed by atoms with van der Waals surface area (Å²) in [6.45, 7) is 0. The molecule has 0 saturated carbocycles. The van der Waals surface area contributed by atoms with Crippen molar-refractivity contribution in [1.82, 2.24) is 0 Å². The van der Waals surface area contributed by atoms with Crippen LogP contribution in [0.15, 0.2) is 36.4 Å². The maximum Gasteiger partial charge on any atom is 0.0523 e. The van der Waals surface area contributed by atoms with Crippen molar-refractivity contribution in [3.8, 4) is 0 Å². The van der Waals surface area contributed by atoms with Crippen LogP contribution in [0.4, 0.5) is 0 Å². The Bertz CT molecular complexity index is 563. The molecule has 0 atom stereocenters. The lowest BCUT2D eigenvalue weighted by Gasteiger charge is -1.96. The molecule has 0 fully saturated rings. The molecule has 0 bridgehead atoms. The Hall–Kier alpha value is -1.52. The fourth-order valence-corrected chi connectivity index (χ4v) is 2.26. The van der Waals surface area contributed by atoms with E-state index in [4.69, 9.17) is 0 Å². The molecule has 0 aliphatic rings. The van der Waals surface area contributed by atoms with Gasteiger partial charge in [0.15, 0.2) is 0 Å². The van der Waals surface area contributed by atoms with Gasteiger partial charge < -0.3 is 0 Å². The third-order valence-corrected chi connectivity index (χ3v) is 2.99. The van der Waals surface area contributed by atoms with Gasteiger partial charge in [0.1, 0.15) is 0 Å². The van der Waals surface area contributed by atoms with Gasteiger partial charge in [0.2, 0.25) is 0 Å². The van der Waals surface area contributed by atoms with Crippen molar-refractivity contribution >= 4 is 32.2 Å². The zero-order valence-electron chi connectivity index (χ0n) is 6.87. The van der Waals surface area contributed by atoms with E-state index in [1.807, 2.05) is 0 Å². The minimum Gasteiger partial charge on any atom is -0.0831 e. The second-order valence-electron chi connectivity index (χ2n) is 2.99. The van der Waals surface area contributed by atoms with Crippen LogP contribution in [0.2, 0.25) is 0 Å². The molecule has 3 rings (SSSR count). The number of hydrogen-bond acceptors (Lipinski definition) is 1. The van der Waals surface area contributed by atoms with Gasteiger partial charge in [0.05, 0.1) is 10.1 Å². The standard InChI is InChI=1S/C12H6S/c1-2-4-10-9(3-1)5-6-12-11(10)7-8-13-12/h1-6H. The molecule has 0 spiro atoms. The first-order valence-electron chi connectivity index (χ1n) is 4.15.